The fraction of sp³-hybridized carbons (Fsp3) is 0.421. The summed E-state index contributed by atoms with van der Waals surface area (Å²) in [7, 11) is 0. The van der Waals surface area contributed by atoms with Gasteiger partial charge in [0, 0.05) is 24.3 Å². The van der Waals surface area contributed by atoms with Gasteiger partial charge in [0.05, 0.1) is 19.3 Å². The Bertz CT molecular complexity index is 904. The minimum Gasteiger partial charge on any atom is -0.377 e. The fourth-order valence-electron chi connectivity index (χ4n) is 3.65. The molecule has 1 aliphatic heterocycles. The molecule has 0 bridgehead atoms. The molecule has 4 heterocycles. The quantitative estimate of drug-likeness (QED) is 0.796. The van der Waals surface area contributed by atoms with Crippen molar-refractivity contribution in [3.05, 3.63) is 36.2 Å². The van der Waals surface area contributed by atoms with Crippen LogP contribution in [0.4, 0.5) is 5.82 Å². The van der Waals surface area contributed by atoms with Gasteiger partial charge in [0.2, 0.25) is 0 Å². The number of aromatic amines is 1. The first kappa shape index (κ1) is 14.8. The average Bonchev–Trinajstić information content (AvgIpc) is 3.35. The van der Waals surface area contributed by atoms with E-state index in [0.717, 1.165) is 47.9 Å². The first-order valence-corrected chi connectivity index (χ1v) is 8.95. The molecule has 0 amide bonds. The third-order valence-corrected chi connectivity index (χ3v) is 5.14. The maximum Gasteiger partial charge on any atom is 0.133 e. The Labute approximate surface area is 146 Å². The van der Waals surface area contributed by atoms with Gasteiger partial charge in [0.1, 0.15) is 22.7 Å². The Kier molecular flexibility index (Phi) is 3.45. The number of hydrogen-bond donors (Lipinski definition) is 1. The minimum atomic E-state index is 0.335. The smallest absolute Gasteiger partial charge is 0.133 e. The van der Waals surface area contributed by atoms with Crippen molar-refractivity contribution < 1.29 is 4.74 Å². The highest BCUT2D eigenvalue weighted by molar-refractivity contribution is 5.92. The second kappa shape index (κ2) is 5.81. The van der Waals surface area contributed by atoms with E-state index in [1.807, 2.05) is 18.5 Å². The van der Waals surface area contributed by atoms with E-state index in [9.17, 15) is 0 Å². The van der Waals surface area contributed by atoms with Crippen LogP contribution < -0.4 is 4.90 Å². The number of H-pyrrole nitrogens is 1. The highest BCUT2D eigenvalue weighted by Gasteiger charge is 2.32. The zero-order valence-electron chi connectivity index (χ0n) is 14.3. The highest BCUT2D eigenvalue weighted by Crippen LogP contribution is 2.45. The molecular weight excluding hydrogens is 314 g/mol. The van der Waals surface area contributed by atoms with E-state index in [-0.39, 0.29) is 0 Å². The summed E-state index contributed by atoms with van der Waals surface area (Å²) in [6.45, 7) is 4.60. The third kappa shape index (κ3) is 2.57. The lowest BCUT2D eigenvalue weighted by molar-refractivity contribution is 0.0985. The summed E-state index contributed by atoms with van der Waals surface area (Å²) in [6.07, 6.45) is 6.19. The molecule has 1 atom stereocenters. The number of nitrogens with zero attached hydrogens (tertiary/aromatic N) is 4. The lowest BCUT2D eigenvalue weighted by Gasteiger charge is -2.35. The molecule has 2 aliphatic rings. The van der Waals surface area contributed by atoms with Gasteiger partial charge in [-0.2, -0.15) is 5.10 Å². The van der Waals surface area contributed by atoms with Gasteiger partial charge < -0.3 is 9.64 Å². The molecule has 25 heavy (non-hydrogen) atoms. The van der Waals surface area contributed by atoms with E-state index >= 15 is 0 Å². The number of ether oxygens (including phenoxy) is 1. The number of aromatic nitrogens is 4. The molecule has 6 heteroatoms. The standard InChI is InChI=1S/C19H21N5O/c1-12-11-25-9-8-24(12)19-15(13-2-3-13)10-14-4-6-20-18(17(14)22-19)16-5-7-21-23-16/h4-7,10,12-13H,2-3,8-9,11H2,1H3,(H,21,23). The van der Waals surface area contributed by atoms with Crippen LogP contribution >= 0.6 is 0 Å². The summed E-state index contributed by atoms with van der Waals surface area (Å²) in [6, 6.07) is 6.64. The van der Waals surface area contributed by atoms with Gasteiger partial charge in [0.15, 0.2) is 0 Å². The van der Waals surface area contributed by atoms with Crippen LogP contribution in [-0.2, 0) is 4.74 Å². The van der Waals surface area contributed by atoms with Crippen LogP contribution in [0, 0.1) is 0 Å². The first-order chi connectivity index (χ1) is 12.3. The van der Waals surface area contributed by atoms with E-state index in [0.29, 0.717) is 12.0 Å². The van der Waals surface area contributed by atoms with Crippen LogP contribution in [0.15, 0.2) is 30.6 Å². The molecule has 3 aromatic rings. The Morgan fingerprint density at radius 2 is 2.20 bits per heavy atom. The zero-order chi connectivity index (χ0) is 16.8. The summed E-state index contributed by atoms with van der Waals surface area (Å²) in [5.41, 5.74) is 3.97. The number of fused-ring (bicyclic) bond motifs is 1. The summed E-state index contributed by atoms with van der Waals surface area (Å²) in [4.78, 5) is 12.1. The van der Waals surface area contributed by atoms with Gasteiger partial charge in [-0.05, 0) is 49.4 Å². The summed E-state index contributed by atoms with van der Waals surface area (Å²) >= 11 is 0. The van der Waals surface area contributed by atoms with Gasteiger partial charge in [-0.15, -0.1) is 0 Å². The molecule has 0 spiro atoms. The van der Waals surface area contributed by atoms with E-state index in [2.05, 4.69) is 39.1 Å². The van der Waals surface area contributed by atoms with Crippen molar-refractivity contribution in [1.29, 1.82) is 0 Å². The van der Waals surface area contributed by atoms with Gasteiger partial charge in [-0.1, -0.05) is 0 Å². The molecule has 1 aliphatic carbocycles. The summed E-state index contributed by atoms with van der Waals surface area (Å²) in [5.74, 6) is 1.75. The van der Waals surface area contributed by atoms with Crippen molar-refractivity contribution in [3.8, 4) is 11.4 Å². The minimum absolute atomic E-state index is 0.335. The molecule has 1 unspecified atom stereocenters. The van der Waals surface area contributed by atoms with Gasteiger partial charge >= 0.3 is 0 Å². The maximum absolute atomic E-state index is 5.62. The fourth-order valence-corrected chi connectivity index (χ4v) is 3.65. The molecule has 3 aromatic heterocycles. The molecule has 6 nitrogen and oxygen atoms in total. The number of nitrogens with one attached hydrogen (secondary N) is 1. The highest BCUT2D eigenvalue weighted by atomic mass is 16.5. The van der Waals surface area contributed by atoms with Crippen LogP contribution in [0.1, 0.15) is 31.2 Å². The second-order valence-corrected chi connectivity index (χ2v) is 6.98. The molecule has 1 saturated carbocycles. The van der Waals surface area contributed by atoms with Crippen LogP contribution in [0.2, 0.25) is 0 Å². The number of rotatable bonds is 3. The monoisotopic (exact) mass is 335 g/mol. The predicted octanol–water partition coefficient (Wildman–Crippen LogP) is 3.12. The maximum atomic E-state index is 5.62. The van der Waals surface area contributed by atoms with E-state index in [1.165, 1.54) is 18.4 Å². The van der Waals surface area contributed by atoms with Crippen LogP contribution in [0.25, 0.3) is 22.3 Å². The van der Waals surface area contributed by atoms with Crippen molar-refractivity contribution >= 4 is 16.7 Å². The van der Waals surface area contributed by atoms with E-state index in [1.54, 1.807) is 0 Å². The van der Waals surface area contributed by atoms with Crippen molar-refractivity contribution in [2.45, 2.75) is 31.7 Å². The van der Waals surface area contributed by atoms with Crippen LogP contribution in [0.3, 0.4) is 0 Å². The topological polar surface area (TPSA) is 66.9 Å². The number of anilines is 1. The molecule has 2 fully saturated rings. The van der Waals surface area contributed by atoms with Gasteiger partial charge in [-0.25, -0.2) is 4.98 Å². The Morgan fingerprint density at radius 1 is 1.28 bits per heavy atom. The average molecular weight is 335 g/mol. The SMILES string of the molecule is CC1COCCN1c1nc2c(-c3cc[nH]n3)nccc2cc1C1CC1. The number of hydrogen-bond acceptors (Lipinski definition) is 5. The molecule has 0 radical (unpaired) electrons. The number of morpholine rings is 1. The Hall–Kier alpha value is -2.47. The third-order valence-electron chi connectivity index (χ3n) is 5.14. The first-order valence-electron chi connectivity index (χ1n) is 8.95. The molecule has 5 rings (SSSR count). The van der Waals surface area contributed by atoms with Crippen molar-refractivity contribution in [1.82, 2.24) is 20.2 Å². The zero-order valence-corrected chi connectivity index (χ0v) is 14.3. The Morgan fingerprint density at radius 3 is 2.96 bits per heavy atom. The van der Waals surface area contributed by atoms with E-state index < -0.39 is 0 Å². The normalized spacial score (nSPS) is 21.0. The van der Waals surface area contributed by atoms with Crippen molar-refractivity contribution in [3.63, 3.8) is 0 Å². The van der Waals surface area contributed by atoms with Crippen molar-refractivity contribution in [2.75, 3.05) is 24.7 Å². The van der Waals surface area contributed by atoms with Gasteiger partial charge in [0.25, 0.3) is 0 Å². The molecule has 1 N–H and O–H groups in total. The molecule has 0 aromatic carbocycles. The summed E-state index contributed by atoms with van der Waals surface area (Å²) in [5, 5.41) is 8.31. The second-order valence-electron chi connectivity index (χ2n) is 6.98. The number of pyridine rings is 2. The predicted molar refractivity (Wildman–Crippen MR) is 96.7 cm³/mol. The Balaban J connectivity index is 1.72. The lowest BCUT2D eigenvalue weighted by atomic mass is 10.1. The van der Waals surface area contributed by atoms with E-state index in [4.69, 9.17) is 9.72 Å². The lowest BCUT2D eigenvalue weighted by Crippen LogP contribution is -2.44. The largest absolute Gasteiger partial charge is 0.377 e. The molecule has 128 valence electrons. The molecule has 1 saturated heterocycles. The summed E-state index contributed by atoms with van der Waals surface area (Å²) < 4.78 is 5.62. The van der Waals surface area contributed by atoms with Crippen LogP contribution in [-0.4, -0.2) is 46.0 Å². The molecular formula is C19H21N5O. The van der Waals surface area contributed by atoms with Gasteiger partial charge in [-0.3, -0.25) is 10.1 Å². The van der Waals surface area contributed by atoms with Crippen LogP contribution in [0.5, 0.6) is 0 Å². The van der Waals surface area contributed by atoms with Crippen molar-refractivity contribution in [2.24, 2.45) is 0 Å².